The van der Waals surface area contributed by atoms with Crippen molar-refractivity contribution in [1.82, 2.24) is 0 Å². The molecule has 0 atom stereocenters. The fourth-order valence-electron chi connectivity index (χ4n) is 0.658. The van der Waals surface area contributed by atoms with E-state index in [2.05, 4.69) is 13.2 Å². The van der Waals surface area contributed by atoms with Crippen molar-refractivity contribution in [3.05, 3.63) is 47.0 Å². The summed E-state index contributed by atoms with van der Waals surface area (Å²) in [5, 5.41) is 0. The highest BCUT2D eigenvalue weighted by Gasteiger charge is 1.93. The number of allylic oxidation sites excluding steroid dienone is 5. The summed E-state index contributed by atoms with van der Waals surface area (Å²) in [6.07, 6.45) is 4.96. The zero-order valence-electron chi connectivity index (χ0n) is 7.43. The van der Waals surface area contributed by atoms with Gasteiger partial charge in [0.1, 0.15) is 0 Å². The number of hydrogen-bond acceptors (Lipinski definition) is 1. The molecule has 2 heteroatoms. The highest BCUT2D eigenvalue weighted by molar-refractivity contribution is 8.06. The molecule has 12 heavy (non-hydrogen) atoms. The Bertz CT molecular complexity index is 232. The number of halogens is 1. The first-order chi connectivity index (χ1) is 5.56. The van der Waals surface area contributed by atoms with Crippen LogP contribution in [0.15, 0.2) is 47.0 Å². The van der Waals surface area contributed by atoms with Crippen LogP contribution in [-0.2, 0) is 0 Å². The minimum Gasteiger partial charge on any atom is -0.212 e. The molecule has 0 aliphatic heterocycles. The van der Waals surface area contributed by atoms with Crippen molar-refractivity contribution in [2.45, 2.75) is 13.8 Å². The Balaban J connectivity index is 4.11. The van der Waals surface area contributed by atoms with Crippen LogP contribution >= 0.6 is 11.8 Å². The van der Waals surface area contributed by atoms with E-state index in [1.54, 1.807) is 6.08 Å². The number of hydrogen-bond donors (Lipinski definition) is 0. The molecule has 0 bridgehead atoms. The van der Waals surface area contributed by atoms with Crippen molar-refractivity contribution < 1.29 is 4.39 Å². The van der Waals surface area contributed by atoms with Gasteiger partial charge in [-0.3, -0.25) is 0 Å². The van der Waals surface area contributed by atoms with Gasteiger partial charge in [0.25, 0.3) is 0 Å². The van der Waals surface area contributed by atoms with E-state index in [4.69, 9.17) is 0 Å². The third kappa shape index (κ3) is 5.98. The van der Waals surface area contributed by atoms with Gasteiger partial charge in [0, 0.05) is 4.91 Å². The van der Waals surface area contributed by atoms with E-state index < -0.39 is 0 Å². The summed E-state index contributed by atoms with van der Waals surface area (Å²) in [4.78, 5) is 1.75. The molecule has 0 heterocycles. The molecule has 0 unspecified atom stereocenters. The van der Waals surface area contributed by atoms with Crippen LogP contribution in [0.3, 0.4) is 0 Å². The monoisotopic (exact) mass is 184 g/mol. The number of rotatable bonds is 4. The van der Waals surface area contributed by atoms with Gasteiger partial charge in [-0.2, -0.15) is 0 Å². The second-order valence-corrected chi connectivity index (χ2v) is 3.68. The minimum absolute atomic E-state index is 0.223. The minimum atomic E-state index is -0.223. The van der Waals surface area contributed by atoms with Crippen molar-refractivity contribution >= 4 is 11.8 Å². The van der Waals surface area contributed by atoms with Crippen LogP contribution in [-0.4, -0.2) is 0 Å². The van der Waals surface area contributed by atoms with Gasteiger partial charge in [0.2, 0.25) is 0 Å². The fraction of sp³-hybridized carbons (Fsp3) is 0.200. The molecule has 0 fully saturated rings. The molecule has 0 aliphatic rings. The van der Waals surface area contributed by atoms with Crippen molar-refractivity contribution in [2.75, 3.05) is 0 Å². The zero-order valence-corrected chi connectivity index (χ0v) is 8.25. The van der Waals surface area contributed by atoms with Gasteiger partial charge in [-0.25, -0.2) is 4.39 Å². The van der Waals surface area contributed by atoms with E-state index in [0.29, 0.717) is 4.91 Å². The Morgan fingerprint density at radius 3 is 2.42 bits per heavy atom. The molecule has 0 saturated carbocycles. The Kier molecular flexibility index (Phi) is 5.47. The predicted molar refractivity (Wildman–Crippen MR) is 55.6 cm³/mol. The molecule has 0 radical (unpaired) electrons. The van der Waals surface area contributed by atoms with Gasteiger partial charge in [-0.15, -0.1) is 0 Å². The molecule has 0 nitrogen and oxygen atoms in total. The van der Waals surface area contributed by atoms with Gasteiger partial charge >= 0.3 is 0 Å². The first-order valence-electron chi connectivity index (χ1n) is 3.56. The highest BCUT2D eigenvalue weighted by atomic mass is 32.2. The molecule has 0 spiro atoms. The van der Waals surface area contributed by atoms with Crippen molar-refractivity contribution in [2.24, 2.45) is 0 Å². The maximum absolute atomic E-state index is 12.3. The van der Waals surface area contributed by atoms with Crippen LogP contribution in [0.2, 0.25) is 0 Å². The van der Waals surface area contributed by atoms with Crippen molar-refractivity contribution in [3.63, 3.8) is 0 Å². The average Bonchev–Trinajstić information content (AvgIpc) is 1.84. The SMILES string of the molecule is C=C/C=C(\C)SC(=C)/C=C(\C)F. The molecular formula is C10H13FS. The predicted octanol–water partition coefficient (Wildman–Crippen LogP) is 4.20. The summed E-state index contributed by atoms with van der Waals surface area (Å²) >= 11 is 1.43. The standard InChI is InChI=1S/C10H13FS/c1-5-6-9(3)12-10(4)7-8(2)11/h5-7H,1,4H2,2-3H3/b8-7+,9-6+. The lowest BCUT2D eigenvalue weighted by molar-refractivity contribution is 0.640. The zero-order chi connectivity index (χ0) is 9.56. The first kappa shape index (κ1) is 11.2. The molecule has 0 amide bonds. The highest BCUT2D eigenvalue weighted by Crippen LogP contribution is 2.25. The lowest BCUT2D eigenvalue weighted by Gasteiger charge is -1.98. The van der Waals surface area contributed by atoms with Gasteiger partial charge in [-0.1, -0.05) is 37.1 Å². The molecule has 0 aliphatic carbocycles. The Labute approximate surface area is 77.6 Å². The molecular weight excluding hydrogens is 171 g/mol. The third-order valence-corrected chi connectivity index (χ3v) is 1.84. The Hall–Kier alpha value is -0.760. The summed E-state index contributed by atoms with van der Waals surface area (Å²) in [6, 6.07) is 0. The second-order valence-electron chi connectivity index (χ2n) is 2.31. The molecule has 0 saturated heterocycles. The quantitative estimate of drug-likeness (QED) is 0.590. The first-order valence-corrected chi connectivity index (χ1v) is 4.37. The Morgan fingerprint density at radius 2 is 2.00 bits per heavy atom. The molecule has 0 rings (SSSR count). The third-order valence-electron chi connectivity index (χ3n) is 1.00. The van der Waals surface area contributed by atoms with Crippen LogP contribution in [0, 0.1) is 0 Å². The summed E-state index contributed by atoms with van der Waals surface area (Å²) < 4.78 is 12.3. The van der Waals surface area contributed by atoms with E-state index >= 15 is 0 Å². The van der Waals surface area contributed by atoms with Crippen LogP contribution < -0.4 is 0 Å². The fourth-order valence-corrected chi connectivity index (χ4v) is 1.46. The van der Waals surface area contributed by atoms with Crippen molar-refractivity contribution in [3.8, 4) is 0 Å². The van der Waals surface area contributed by atoms with Gasteiger partial charge < -0.3 is 0 Å². The van der Waals surface area contributed by atoms with Crippen LogP contribution in [0.5, 0.6) is 0 Å². The maximum Gasteiger partial charge on any atom is 0.0979 e. The summed E-state index contributed by atoms with van der Waals surface area (Å²) in [5.41, 5.74) is 0. The maximum atomic E-state index is 12.3. The average molecular weight is 184 g/mol. The Morgan fingerprint density at radius 1 is 1.42 bits per heavy atom. The van der Waals surface area contributed by atoms with E-state index in [1.165, 1.54) is 24.8 Å². The molecule has 0 aromatic carbocycles. The van der Waals surface area contributed by atoms with Crippen LogP contribution in [0.1, 0.15) is 13.8 Å². The lowest BCUT2D eigenvalue weighted by Crippen LogP contribution is -1.70. The van der Waals surface area contributed by atoms with Gasteiger partial charge in [-0.05, 0) is 24.8 Å². The van der Waals surface area contributed by atoms with Gasteiger partial charge in [0.05, 0.1) is 5.83 Å². The summed E-state index contributed by atoms with van der Waals surface area (Å²) in [5.74, 6) is -0.223. The van der Waals surface area contributed by atoms with E-state index in [1.807, 2.05) is 13.0 Å². The van der Waals surface area contributed by atoms with E-state index in [-0.39, 0.29) is 5.83 Å². The van der Waals surface area contributed by atoms with Gasteiger partial charge in [0.15, 0.2) is 0 Å². The lowest BCUT2D eigenvalue weighted by atomic mass is 10.5. The molecule has 0 aromatic heterocycles. The normalized spacial score (nSPS) is 12.9. The largest absolute Gasteiger partial charge is 0.212 e. The van der Waals surface area contributed by atoms with Crippen LogP contribution in [0.25, 0.3) is 0 Å². The van der Waals surface area contributed by atoms with E-state index in [0.717, 1.165) is 4.91 Å². The topological polar surface area (TPSA) is 0 Å². The molecule has 66 valence electrons. The molecule has 0 N–H and O–H groups in total. The number of thioether (sulfide) groups is 1. The molecule has 0 aromatic rings. The van der Waals surface area contributed by atoms with E-state index in [9.17, 15) is 4.39 Å². The summed E-state index contributed by atoms with van der Waals surface area (Å²) in [7, 11) is 0. The van der Waals surface area contributed by atoms with Crippen LogP contribution in [0.4, 0.5) is 4.39 Å². The second kappa shape index (κ2) is 5.84. The van der Waals surface area contributed by atoms with Crippen molar-refractivity contribution in [1.29, 1.82) is 0 Å². The smallest absolute Gasteiger partial charge is 0.0979 e. The summed E-state index contributed by atoms with van der Waals surface area (Å²) in [6.45, 7) is 10.6.